The lowest BCUT2D eigenvalue weighted by atomic mass is 10.2. The summed E-state index contributed by atoms with van der Waals surface area (Å²) in [7, 11) is 0. The molecule has 1 heterocycles. The summed E-state index contributed by atoms with van der Waals surface area (Å²) in [6.07, 6.45) is 5.82. The number of rotatable bonds is 6. The van der Waals surface area contributed by atoms with Gasteiger partial charge in [0.2, 0.25) is 0 Å². The van der Waals surface area contributed by atoms with E-state index in [4.69, 9.17) is 5.11 Å². The van der Waals surface area contributed by atoms with E-state index in [9.17, 15) is 4.79 Å². The van der Waals surface area contributed by atoms with Gasteiger partial charge in [-0.3, -0.25) is 9.78 Å². The minimum Gasteiger partial charge on any atom is -0.396 e. The van der Waals surface area contributed by atoms with Crippen LogP contribution in [0.3, 0.4) is 0 Å². The molecule has 0 aliphatic rings. The van der Waals surface area contributed by atoms with Crippen LogP contribution in [-0.2, 0) is 0 Å². The summed E-state index contributed by atoms with van der Waals surface area (Å²) in [4.78, 5) is 15.9. The molecule has 94 valence electrons. The van der Waals surface area contributed by atoms with Gasteiger partial charge in [-0.2, -0.15) is 11.8 Å². The first kappa shape index (κ1) is 14.0. The number of pyridine rings is 1. The van der Waals surface area contributed by atoms with Gasteiger partial charge in [0.1, 0.15) is 0 Å². The molecule has 2 N–H and O–H groups in total. The molecule has 0 saturated heterocycles. The Morgan fingerprint density at radius 2 is 2.35 bits per heavy atom. The van der Waals surface area contributed by atoms with E-state index < -0.39 is 0 Å². The standard InChI is InChI=1S/C12H18N2O2S/c1-9-5-10(7-13-6-9)12(16)14-11(3-4-15)8-17-2/h5-7,11,15H,3-4,8H2,1-2H3,(H,14,16). The summed E-state index contributed by atoms with van der Waals surface area (Å²) >= 11 is 1.65. The molecule has 0 fully saturated rings. The highest BCUT2D eigenvalue weighted by Crippen LogP contribution is 2.05. The smallest absolute Gasteiger partial charge is 0.253 e. The van der Waals surface area contributed by atoms with Crippen molar-refractivity contribution in [3.8, 4) is 0 Å². The van der Waals surface area contributed by atoms with Crippen LogP contribution in [0.4, 0.5) is 0 Å². The average molecular weight is 254 g/mol. The first-order valence-corrected chi connectivity index (χ1v) is 6.89. The predicted octanol–water partition coefficient (Wildman–Crippen LogP) is 1.23. The van der Waals surface area contributed by atoms with E-state index in [-0.39, 0.29) is 18.6 Å². The molecule has 1 amide bonds. The fraction of sp³-hybridized carbons (Fsp3) is 0.500. The Bertz CT molecular complexity index is 365. The molecule has 0 aliphatic heterocycles. The number of aromatic nitrogens is 1. The molecule has 0 aliphatic carbocycles. The van der Waals surface area contributed by atoms with Crippen molar-refractivity contribution in [2.45, 2.75) is 19.4 Å². The first-order chi connectivity index (χ1) is 8.17. The molecule has 1 aromatic heterocycles. The fourth-order valence-electron chi connectivity index (χ4n) is 1.50. The maximum Gasteiger partial charge on any atom is 0.253 e. The molecule has 5 heteroatoms. The van der Waals surface area contributed by atoms with E-state index in [1.165, 1.54) is 0 Å². The summed E-state index contributed by atoms with van der Waals surface area (Å²) < 4.78 is 0. The maximum absolute atomic E-state index is 11.9. The van der Waals surface area contributed by atoms with Crippen LogP contribution in [0.2, 0.25) is 0 Å². The second-order valence-corrected chi connectivity index (χ2v) is 4.80. The quantitative estimate of drug-likeness (QED) is 0.801. The molecular formula is C12H18N2O2S. The van der Waals surface area contributed by atoms with Gasteiger partial charge in [-0.15, -0.1) is 0 Å². The summed E-state index contributed by atoms with van der Waals surface area (Å²) in [6, 6.07) is 1.81. The zero-order chi connectivity index (χ0) is 12.7. The molecule has 17 heavy (non-hydrogen) atoms. The Labute approximate surface area is 106 Å². The Balaban J connectivity index is 2.63. The van der Waals surface area contributed by atoms with Crippen LogP contribution in [0.15, 0.2) is 18.5 Å². The predicted molar refractivity (Wildman–Crippen MR) is 70.3 cm³/mol. The van der Waals surface area contributed by atoms with E-state index in [0.717, 1.165) is 11.3 Å². The molecule has 0 bridgehead atoms. The van der Waals surface area contributed by atoms with Gasteiger partial charge < -0.3 is 10.4 Å². The van der Waals surface area contributed by atoms with Gasteiger partial charge in [0.25, 0.3) is 5.91 Å². The number of aryl methyl sites for hydroxylation is 1. The van der Waals surface area contributed by atoms with Crippen LogP contribution in [-0.4, -0.2) is 40.7 Å². The van der Waals surface area contributed by atoms with Crippen molar-refractivity contribution in [3.63, 3.8) is 0 Å². The summed E-state index contributed by atoms with van der Waals surface area (Å²) in [5.41, 5.74) is 1.52. The topological polar surface area (TPSA) is 62.2 Å². The monoisotopic (exact) mass is 254 g/mol. The Morgan fingerprint density at radius 1 is 1.59 bits per heavy atom. The van der Waals surface area contributed by atoms with Crippen molar-refractivity contribution in [2.24, 2.45) is 0 Å². The lowest BCUT2D eigenvalue weighted by molar-refractivity contribution is 0.0935. The van der Waals surface area contributed by atoms with Gasteiger partial charge in [-0.25, -0.2) is 0 Å². The van der Waals surface area contributed by atoms with Crippen molar-refractivity contribution in [3.05, 3.63) is 29.6 Å². The van der Waals surface area contributed by atoms with E-state index in [2.05, 4.69) is 10.3 Å². The largest absolute Gasteiger partial charge is 0.396 e. The summed E-state index contributed by atoms with van der Waals surface area (Å²) in [5.74, 6) is 0.666. The number of hydrogen-bond donors (Lipinski definition) is 2. The third kappa shape index (κ3) is 4.75. The van der Waals surface area contributed by atoms with E-state index in [0.29, 0.717) is 12.0 Å². The number of nitrogens with one attached hydrogen (secondary N) is 1. The number of carbonyl (C=O) groups excluding carboxylic acids is 1. The zero-order valence-corrected chi connectivity index (χ0v) is 11.0. The van der Waals surface area contributed by atoms with Crippen molar-refractivity contribution in [1.29, 1.82) is 0 Å². The number of amides is 1. The highest BCUT2D eigenvalue weighted by Gasteiger charge is 2.13. The molecule has 1 unspecified atom stereocenters. The van der Waals surface area contributed by atoms with Crippen LogP contribution in [0, 0.1) is 6.92 Å². The van der Waals surface area contributed by atoms with Crippen molar-refractivity contribution < 1.29 is 9.90 Å². The van der Waals surface area contributed by atoms with E-state index in [1.807, 2.05) is 13.2 Å². The minimum atomic E-state index is -0.131. The first-order valence-electron chi connectivity index (χ1n) is 5.49. The highest BCUT2D eigenvalue weighted by molar-refractivity contribution is 7.98. The van der Waals surface area contributed by atoms with Crippen molar-refractivity contribution >= 4 is 17.7 Å². The van der Waals surface area contributed by atoms with Gasteiger partial charge in [-0.1, -0.05) is 0 Å². The Hall–Kier alpha value is -1.07. The summed E-state index contributed by atoms with van der Waals surface area (Å²) in [6.45, 7) is 1.98. The van der Waals surface area contributed by atoms with Crippen LogP contribution < -0.4 is 5.32 Å². The minimum absolute atomic E-state index is 0.00279. The number of nitrogens with zero attached hydrogens (tertiary/aromatic N) is 1. The number of carbonyl (C=O) groups is 1. The van der Waals surface area contributed by atoms with Gasteiger partial charge >= 0.3 is 0 Å². The number of aliphatic hydroxyl groups is 1. The van der Waals surface area contributed by atoms with Crippen LogP contribution in [0.5, 0.6) is 0 Å². The molecule has 1 aromatic rings. The Morgan fingerprint density at radius 3 is 2.94 bits per heavy atom. The normalized spacial score (nSPS) is 12.2. The van der Waals surface area contributed by atoms with Crippen LogP contribution in [0.25, 0.3) is 0 Å². The molecular weight excluding hydrogens is 236 g/mol. The third-order valence-electron chi connectivity index (χ3n) is 2.32. The number of aliphatic hydroxyl groups excluding tert-OH is 1. The molecule has 0 aromatic carbocycles. The SMILES string of the molecule is CSCC(CCO)NC(=O)c1cncc(C)c1. The number of thioether (sulfide) groups is 1. The molecule has 0 spiro atoms. The average Bonchev–Trinajstić information content (AvgIpc) is 2.29. The van der Waals surface area contributed by atoms with Gasteiger partial charge in [0.15, 0.2) is 0 Å². The maximum atomic E-state index is 11.9. The lowest BCUT2D eigenvalue weighted by Gasteiger charge is -2.16. The van der Waals surface area contributed by atoms with Crippen LogP contribution in [0.1, 0.15) is 22.3 Å². The van der Waals surface area contributed by atoms with Crippen molar-refractivity contribution in [1.82, 2.24) is 10.3 Å². The van der Waals surface area contributed by atoms with Gasteiger partial charge in [-0.05, 0) is 31.2 Å². The highest BCUT2D eigenvalue weighted by atomic mass is 32.2. The van der Waals surface area contributed by atoms with E-state index >= 15 is 0 Å². The number of hydrogen-bond acceptors (Lipinski definition) is 4. The van der Waals surface area contributed by atoms with Gasteiger partial charge in [0.05, 0.1) is 5.56 Å². The van der Waals surface area contributed by atoms with Crippen molar-refractivity contribution in [2.75, 3.05) is 18.6 Å². The summed E-state index contributed by atoms with van der Waals surface area (Å²) in [5, 5.41) is 11.8. The lowest BCUT2D eigenvalue weighted by Crippen LogP contribution is -2.37. The Kier molecular flexibility index (Phi) is 6.00. The zero-order valence-electron chi connectivity index (χ0n) is 10.1. The molecule has 0 saturated carbocycles. The van der Waals surface area contributed by atoms with Crippen LogP contribution >= 0.6 is 11.8 Å². The molecule has 1 rings (SSSR count). The second kappa shape index (κ2) is 7.29. The molecule has 1 atom stereocenters. The van der Waals surface area contributed by atoms with Gasteiger partial charge in [0, 0.05) is 30.8 Å². The molecule has 0 radical (unpaired) electrons. The fourth-order valence-corrected chi connectivity index (χ4v) is 2.15. The second-order valence-electron chi connectivity index (χ2n) is 3.89. The molecule has 4 nitrogen and oxygen atoms in total. The van der Waals surface area contributed by atoms with E-state index in [1.54, 1.807) is 30.2 Å². The third-order valence-corrected chi connectivity index (χ3v) is 3.05.